The summed E-state index contributed by atoms with van der Waals surface area (Å²) in [7, 11) is -4.00. The van der Waals surface area contributed by atoms with Crippen LogP contribution in [-0.4, -0.2) is 87.2 Å². The predicted octanol–water partition coefficient (Wildman–Crippen LogP) is 3.15. The van der Waals surface area contributed by atoms with Crippen molar-refractivity contribution < 1.29 is 37.4 Å². The molecule has 1 saturated heterocycles. The lowest BCUT2D eigenvalue weighted by Gasteiger charge is -2.32. The first-order chi connectivity index (χ1) is 23.1. The normalized spacial score (nSPS) is 32.0. The Morgan fingerprint density at radius 1 is 1.16 bits per heavy atom. The number of nitrogens with zero attached hydrogens (tertiary/aromatic N) is 3. The van der Waals surface area contributed by atoms with E-state index in [0.717, 1.165) is 6.42 Å². The highest BCUT2D eigenvalue weighted by atomic mass is 35.5. The molecule has 0 radical (unpaired) electrons. The fourth-order valence-corrected chi connectivity index (χ4v) is 8.54. The van der Waals surface area contributed by atoms with E-state index in [9.17, 15) is 32.7 Å². The summed E-state index contributed by atoms with van der Waals surface area (Å²) in [5.41, 5.74) is -1.09. The van der Waals surface area contributed by atoms with Crippen LogP contribution >= 0.6 is 11.6 Å². The summed E-state index contributed by atoms with van der Waals surface area (Å²) in [4.78, 5) is 63.9. The Labute approximate surface area is 289 Å². The second kappa shape index (κ2) is 13.0. The van der Waals surface area contributed by atoms with E-state index < -0.39 is 74.1 Å². The molecule has 0 bridgehead atoms. The number of aromatic nitrogens is 2. The third-order valence-corrected chi connectivity index (χ3v) is 12.8. The van der Waals surface area contributed by atoms with Crippen molar-refractivity contribution in [1.29, 1.82) is 0 Å². The van der Waals surface area contributed by atoms with E-state index in [4.69, 9.17) is 16.3 Å². The molecule has 3 heterocycles. The van der Waals surface area contributed by atoms with Gasteiger partial charge in [0, 0.05) is 12.3 Å². The largest absolute Gasteiger partial charge is 0.472 e. The molecular formula is C33H41ClN6O8S. The van der Waals surface area contributed by atoms with Gasteiger partial charge in [0.05, 0.1) is 27.2 Å². The number of rotatable bonds is 6. The Morgan fingerprint density at radius 2 is 1.92 bits per heavy atom. The molecule has 6 rings (SSSR count). The first-order valence-corrected chi connectivity index (χ1v) is 18.4. The van der Waals surface area contributed by atoms with Gasteiger partial charge >= 0.3 is 6.09 Å². The van der Waals surface area contributed by atoms with Crippen molar-refractivity contribution in [3.8, 4) is 5.88 Å². The number of hydrogen-bond donors (Lipinski definition) is 4. The predicted molar refractivity (Wildman–Crippen MR) is 179 cm³/mol. The second-order valence-electron chi connectivity index (χ2n) is 14.2. The topological polar surface area (TPSA) is 197 Å². The maximum absolute atomic E-state index is 14.3. The van der Waals surface area contributed by atoms with Crippen LogP contribution in [0.1, 0.15) is 65.7 Å². The number of sulfonamides is 1. The number of allylic oxidation sites excluding steroid dienone is 1. The van der Waals surface area contributed by atoms with Crippen LogP contribution in [0.3, 0.4) is 0 Å². The molecule has 2 saturated carbocycles. The van der Waals surface area contributed by atoms with Crippen molar-refractivity contribution in [3.63, 3.8) is 0 Å². The molecule has 14 nitrogen and oxygen atoms in total. The summed E-state index contributed by atoms with van der Waals surface area (Å²) in [6.07, 6.45) is 5.86. The average molecular weight is 717 g/mol. The van der Waals surface area contributed by atoms with Crippen LogP contribution < -0.4 is 20.1 Å². The molecule has 16 heteroatoms. The Hall–Kier alpha value is -3.98. The molecule has 0 spiro atoms. The van der Waals surface area contributed by atoms with E-state index >= 15 is 0 Å². The number of ether oxygens (including phenoxy) is 1. The molecule has 49 heavy (non-hydrogen) atoms. The van der Waals surface area contributed by atoms with Gasteiger partial charge in [0.1, 0.15) is 30.1 Å². The highest BCUT2D eigenvalue weighted by molar-refractivity contribution is 7.91. The number of hydrogen-bond acceptors (Lipinski definition) is 9. The lowest BCUT2D eigenvalue weighted by Crippen LogP contribution is -2.59. The lowest BCUT2D eigenvalue weighted by atomic mass is 9.88. The monoisotopic (exact) mass is 716 g/mol. The molecule has 7 atom stereocenters. The second-order valence-corrected chi connectivity index (χ2v) is 16.8. The van der Waals surface area contributed by atoms with Gasteiger partial charge in [0.15, 0.2) is 0 Å². The van der Waals surface area contributed by atoms with E-state index in [2.05, 4.69) is 25.3 Å². The summed E-state index contributed by atoms with van der Waals surface area (Å²) in [5.74, 6) is -2.67. The number of fused-ring (bicyclic) bond motifs is 3. The zero-order valence-corrected chi connectivity index (χ0v) is 29.1. The van der Waals surface area contributed by atoms with Gasteiger partial charge in [-0.1, -0.05) is 43.7 Å². The van der Waals surface area contributed by atoms with E-state index in [1.165, 1.54) is 11.2 Å². The standard InChI is InChI=1S/C33H41ClN6O8S/c1-18-7-4-5-8-20-15-33(20,30(43)39-49(46,47)32(3)11-12-32)38-27(41)24-14-21(16-40(24)29(42)25(19(2)13-18)37-31(44)45)48-28-22-9-6-10-23(34)26(22)35-17-36-28/h5-6,8-10,17-21,24-25,37H,4,7,11-16H2,1-3H3,(H,38,41)(H,39,43)(H,44,45)/b8-5-/t18-,19-,20?,21-,24+,25+,33-/m1/s1. The molecule has 2 aromatic rings. The number of carbonyl (C=O) groups is 4. The van der Waals surface area contributed by atoms with Crippen molar-refractivity contribution in [2.75, 3.05) is 6.54 Å². The summed E-state index contributed by atoms with van der Waals surface area (Å²) in [5, 5.41) is 15.8. The molecule has 4 N–H and O–H groups in total. The lowest BCUT2D eigenvalue weighted by molar-refractivity contribution is -0.142. The molecule has 4 amide bonds. The van der Waals surface area contributed by atoms with Gasteiger partial charge in [-0.2, -0.15) is 0 Å². The molecule has 2 aliphatic heterocycles. The Balaban J connectivity index is 1.34. The van der Waals surface area contributed by atoms with Crippen LogP contribution in [0.15, 0.2) is 36.7 Å². The first kappa shape index (κ1) is 34.9. The Kier molecular flexibility index (Phi) is 9.28. The molecule has 4 aliphatic rings. The smallest absolute Gasteiger partial charge is 0.405 e. The van der Waals surface area contributed by atoms with Gasteiger partial charge in [-0.25, -0.2) is 23.2 Å². The quantitative estimate of drug-likeness (QED) is 0.322. The fourth-order valence-electron chi connectivity index (χ4n) is 7.01. The maximum Gasteiger partial charge on any atom is 0.405 e. The summed E-state index contributed by atoms with van der Waals surface area (Å²) in [6.45, 7) is 5.31. The number of amides is 4. The highest BCUT2D eigenvalue weighted by Crippen LogP contribution is 2.47. The van der Waals surface area contributed by atoms with Crippen LogP contribution in [0.25, 0.3) is 10.9 Å². The average Bonchev–Trinajstić information content (AvgIpc) is 3.92. The van der Waals surface area contributed by atoms with Gasteiger partial charge in [0.2, 0.25) is 27.7 Å². The van der Waals surface area contributed by atoms with Crippen LogP contribution in [-0.2, 0) is 24.4 Å². The highest BCUT2D eigenvalue weighted by Gasteiger charge is 2.63. The number of carbonyl (C=O) groups excluding carboxylic acids is 3. The van der Waals surface area contributed by atoms with E-state index in [-0.39, 0.29) is 31.2 Å². The van der Waals surface area contributed by atoms with E-state index in [1.54, 1.807) is 32.0 Å². The third kappa shape index (κ3) is 6.91. The van der Waals surface area contributed by atoms with Gasteiger partial charge in [-0.3, -0.25) is 19.1 Å². The molecular weight excluding hydrogens is 676 g/mol. The molecule has 1 aromatic carbocycles. The SMILES string of the molecule is C[C@@H]1CC/C=C\C2C[C@@]2(C(=O)NS(=O)(=O)C2(C)CC2)NC(=O)[C@@H]2C[C@@H](Oc3ncnc4c(Cl)cccc34)CN2C(=O)[C@@H](NC(=O)O)[C@H](C)C1. The third-order valence-electron chi connectivity index (χ3n) is 10.4. The summed E-state index contributed by atoms with van der Waals surface area (Å²) >= 11 is 6.34. The van der Waals surface area contributed by atoms with Gasteiger partial charge in [-0.05, 0) is 69.4 Å². The number of benzene rings is 1. The summed E-state index contributed by atoms with van der Waals surface area (Å²) in [6, 6.07) is 2.79. The first-order valence-electron chi connectivity index (χ1n) is 16.6. The van der Waals surface area contributed by atoms with Gasteiger partial charge in [-0.15, -0.1) is 0 Å². The number of carboxylic acid groups (broad SMARTS) is 1. The van der Waals surface area contributed by atoms with Crippen LogP contribution in [0.5, 0.6) is 5.88 Å². The number of para-hydroxylation sites is 1. The van der Waals surface area contributed by atoms with Gasteiger partial charge < -0.3 is 25.4 Å². The minimum absolute atomic E-state index is 0.0111. The zero-order chi connectivity index (χ0) is 35.3. The van der Waals surface area contributed by atoms with E-state index in [0.29, 0.717) is 41.6 Å². The van der Waals surface area contributed by atoms with Crippen molar-refractivity contribution >= 4 is 56.3 Å². The van der Waals surface area contributed by atoms with E-state index in [1.807, 2.05) is 19.1 Å². The van der Waals surface area contributed by atoms with Crippen LogP contribution in [0, 0.1) is 17.8 Å². The molecule has 1 aromatic heterocycles. The number of halogens is 1. The molecule has 1 unspecified atom stereocenters. The van der Waals surface area contributed by atoms with Crippen molar-refractivity contribution in [2.45, 2.75) is 94.2 Å². The minimum atomic E-state index is -4.00. The van der Waals surface area contributed by atoms with Crippen molar-refractivity contribution in [3.05, 3.63) is 41.7 Å². The fraction of sp³-hybridized carbons (Fsp3) is 0.576. The molecule has 2 aliphatic carbocycles. The van der Waals surface area contributed by atoms with Crippen LogP contribution in [0.2, 0.25) is 5.02 Å². The van der Waals surface area contributed by atoms with Crippen molar-refractivity contribution in [2.24, 2.45) is 17.8 Å². The Bertz CT molecular complexity index is 1820. The van der Waals surface area contributed by atoms with Gasteiger partial charge in [0.25, 0.3) is 5.91 Å². The zero-order valence-electron chi connectivity index (χ0n) is 27.5. The molecule has 3 fully saturated rings. The minimum Gasteiger partial charge on any atom is -0.472 e. The summed E-state index contributed by atoms with van der Waals surface area (Å²) < 4.78 is 33.6. The van der Waals surface area contributed by atoms with Crippen LogP contribution in [0.4, 0.5) is 4.79 Å². The molecule has 264 valence electrons. The Morgan fingerprint density at radius 3 is 2.63 bits per heavy atom. The van der Waals surface area contributed by atoms with Crippen molar-refractivity contribution in [1.82, 2.24) is 30.2 Å². The maximum atomic E-state index is 14.3. The number of nitrogens with one attached hydrogen (secondary N) is 3.